The van der Waals surface area contributed by atoms with Crippen LogP contribution in [0.3, 0.4) is 0 Å². The molecule has 1 aromatic heterocycles. The molecule has 2 aromatic carbocycles. The van der Waals surface area contributed by atoms with E-state index >= 15 is 0 Å². The van der Waals surface area contributed by atoms with Gasteiger partial charge in [0.25, 0.3) is 0 Å². The standard InChI is InChI=1S/C17H11F2NO3S/c1-9(16(21)10-2-4-12(18)13(19)6-10)23-17(22)11-3-5-14-15(7-11)24-8-20-14/h2-9H,1H3. The maximum atomic E-state index is 13.2. The molecule has 3 rings (SSSR count). The molecule has 0 bridgehead atoms. The van der Waals surface area contributed by atoms with E-state index in [-0.39, 0.29) is 11.1 Å². The highest BCUT2D eigenvalue weighted by Gasteiger charge is 2.21. The van der Waals surface area contributed by atoms with Gasteiger partial charge in [-0.05, 0) is 43.3 Å². The molecule has 4 nitrogen and oxygen atoms in total. The molecule has 0 saturated heterocycles. The van der Waals surface area contributed by atoms with Crippen LogP contribution >= 0.6 is 11.3 Å². The number of hydrogen-bond acceptors (Lipinski definition) is 5. The first kappa shape index (κ1) is 16.2. The van der Waals surface area contributed by atoms with E-state index in [4.69, 9.17) is 4.74 Å². The van der Waals surface area contributed by atoms with Crippen molar-refractivity contribution in [3.8, 4) is 0 Å². The zero-order chi connectivity index (χ0) is 17.3. The monoisotopic (exact) mass is 347 g/mol. The van der Waals surface area contributed by atoms with Crippen LogP contribution in [0.1, 0.15) is 27.6 Å². The Balaban J connectivity index is 1.75. The minimum atomic E-state index is -1.13. The number of hydrogen-bond donors (Lipinski definition) is 0. The van der Waals surface area contributed by atoms with Crippen LogP contribution in [0.2, 0.25) is 0 Å². The number of fused-ring (bicyclic) bond motifs is 1. The summed E-state index contributed by atoms with van der Waals surface area (Å²) in [6.07, 6.45) is -1.13. The second-order valence-corrected chi connectivity index (χ2v) is 5.96. The van der Waals surface area contributed by atoms with Gasteiger partial charge in [0.1, 0.15) is 0 Å². The molecular weight excluding hydrogens is 336 g/mol. The molecule has 0 aliphatic heterocycles. The molecule has 24 heavy (non-hydrogen) atoms. The third-order valence-electron chi connectivity index (χ3n) is 3.42. The summed E-state index contributed by atoms with van der Waals surface area (Å²) in [4.78, 5) is 28.4. The first-order valence-corrected chi connectivity index (χ1v) is 7.87. The van der Waals surface area contributed by atoms with Crippen LogP contribution < -0.4 is 0 Å². The number of benzene rings is 2. The highest BCUT2D eigenvalue weighted by atomic mass is 32.1. The lowest BCUT2D eigenvalue weighted by Gasteiger charge is -2.12. The molecule has 1 heterocycles. The predicted molar refractivity (Wildman–Crippen MR) is 85.2 cm³/mol. The molecule has 122 valence electrons. The Morgan fingerprint density at radius 1 is 1.08 bits per heavy atom. The van der Waals surface area contributed by atoms with Crippen molar-refractivity contribution in [3.63, 3.8) is 0 Å². The summed E-state index contributed by atoms with van der Waals surface area (Å²) >= 11 is 1.38. The molecule has 0 N–H and O–H groups in total. The second-order valence-electron chi connectivity index (χ2n) is 5.08. The number of nitrogens with zero attached hydrogens (tertiary/aromatic N) is 1. The van der Waals surface area contributed by atoms with E-state index in [0.717, 1.165) is 28.4 Å². The number of rotatable bonds is 4. The van der Waals surface area contributed by atoms with Crippen molar-refractivity contribution in [3.05, 3.63) is 64.7 Å². The van der Waals surface area contributed by atoms with Crippen molar-refractivity contribution in [1.29, 1.82) is 0 Å². The number of ketones is 1. The van der Waals surface area contributed by atoms with Crippen molar-refractivity contribution in [1.82, 2.24) is 4.98 Å². The average Bonchev–Trinajstić information content (AvgIpc) is 3.04. The fourth-order valence-corrected chi connectivity index (χ4v) is 2.86. The fourth-order valence-electron chi connectivity index (χ4n) is 2.15. The summed E-state index contributed by atoms with van der Waals surface area (Å²) in [5.41, 5.74) is 2.65. The number of carbonyl (C=O) groups is 2. The lowest BCUT2D eigenvalue weighted by molar-refractivity contribution is 0.0319. The van der Waals surface area contributed by atoms with E-state index in [9.17, 15) is 18.4 Å². The van der Waals surface area contributed by atoms with E-state index < -0.39 is 29.5 Å². The topological polar surface area (TPSA) is 56.3 Å². The van der Waals surface area contributed by atoms with E-state index in [2.05, 4.69) is 4.98 Å². The Hall–Kier alpha value is -2.67. The van der Waals surface area contributed by atoms with Crippen molar-refractivity contribution in [2.24, 2.45) is 0 Å². The van der Waals surface area contributed by atoms with Crippen molar-refractivity contribution >= 4 is 33.3 Å². The van der Waals surface area contributed by atoms with Gasteiger partial charge in [-0.2, -0.15) is 0 Å². The van der Waals surface area contributed by atoms with Gasteiger partial charge in [0, 0.05) is 5.56 Å². The SMILES string of the molecule is CC(OC(=O)c1ccc2ncsc2c1)C(=O)c1ccc(F)c(F)c1. The summed E-state index contributed by atoms with van der Waals surface area (Å²) in [5, 5.41) is 0. The number of aromatic nitrogens is 1. The summed E-state index contributed by atoms with van der Waals surface area (Å²) in [7, 11) is 0. The Kier molecular flexibility index (Phi) is 4.35. The van der Waals surface area contributed by atoms with Crippen LogP contribution in [0.5, 0.6) is 0 Å². The molecular formula is C17H11F2NO3S. The number of esters is 1. The lowest BCUT2D eigenvalue weighted by atomic mass is 10.1. The highest BCUT2D eigenvalue weighted by molar-refractivity contribution is 7.16. The Bertz CT molecular complexity index is 938. The van der Waals surface area contributed by atoms with E-state index in [1.54, 1.807) is 23.7 Å². The van der Waals surface area contributed by atoms with Crippen LogP contribution in [0.25, 0.3) is 10.2 Å². The normalized spacial score (nSPS) is 12.1. The van der Waals surface area contributed by atoms with Gasteiger partial charge in [0.15, 0.2) is 17.7 Å². The predicted octanol–water partition coefficient (Wildman–Crippen LogP) is 4.00. The molecule has 3 aromatic rings. The van der Waals surface area contributed by atoms with Gasteiger partial charge in [-0.25, -0.2) is 18.6 Å². The minimum absolute atomic E-state index is 0.0629. The molecule has 0 fully saturated rings. The van der Waals surface area contributed by atoms with Gasteiger partial charge < -0.3 is 4.74 Å². The Morgan fingerprint density at radius 2 is 1.83 bits per heavy atom. The average molecular weight is 347 g/mol. The number of halogens is 2. The van der Waals surface area contributed by atoms with Crippen molar-refractivity contribution in [2.75, 3.05) is 0 Å². The summed E-state index contributed by atoms with van der Waals surface area (Å²) < 4.78 is 32.1. The first-order valence-electron chi connectivity index (χ1n) is 6.99. The van der Waals surface area contributed by atoms with E-state index in [1.807, 2.05) is 0 Å². The summed E-state index contributed by atoms with van der Waals surface area (Å²) in [5.74, 6) is -3.46. The first-order chi connectivity index (χ1) is 11.5. The Morgan fingerprint density at radius 3 is 2.58 bits per heavy atom. The van der Waals surface area contributed by atoms with Gasteiger partial charge in [-0.1, -0.05) is 0 Å². The van der Waals surface area contributed by atoms with Gasteiger partial charge in [0.05, 0.1) is 21.3 Å². The third-order valence-corrected chi connectivity index (χ3v) is 4.22. The molecule has 0 spiro atoms. The molecule has 1 atom stereocenters. The van der Waals surface area contributed by atoms with Crippen LogP contribution in [0.4, 0.5) is 8.78 Å². The second kappa shape index (κ2) is 6.45. The third kappa shape index (κ3) is 3.16. The molecule has 0 amide bonds. The van der Waals surface area contributed by atoms with E-state index in [1.165, 1.54) is 18.3 Å². The zero-order valence-corrected chi connectivity index (χ0v) is 13.3. The van der Waals surface area contributed by atoms with Gasteiger partial charge in [-0.15, -0.1) is 11.3 Å². The van der Waals surface area contributed by atoms with Crippen LogP contribution in [-0.2, 0) is 4.74 Å². The van der Waals surface area contributed by atoms with Crippen LogP contribution in [0, 0.1) is 11.6 Å². The molecule has 0 aliphatic carbocycles. The van der Waals surface area contributed by atoms with Crippen molar-refractivity contribution < 1.29 is 23.1 Å². The number of thiazole rings is 1. The van der Waals surface area contributed by atoms with Crippen molar-refractivity contribution in [2.45, 2.75) is 13.0 Å². The maximum absolute atomic E-state index is 13.2. The zero-order valence-electron chi connectivity index (χ0n) is 12.5. The van der Waals surface area contributed by atoms with Gasteiger partial charge in [0.2, 0.25) is 5.78 Å². The molecule has 0 radical (unpaired) electrons. The molecule has 0 aliphatic rings. The van der Waals surface area contributed by atoms with Gasteiger partial charge >= 0.3 is 5.97 Å². The molecule has 7 heteroatoms. The van der Waals surface area contributed by atoms with Crippen LogP contribution in [-0.4, -0.2) is 22.8 Å². The Labute approximate surface area is 139 Å². The number of Topliss-reactive ketones (excluding diaryl/α,β-unsaturated/α-hetero) is 1. The minimum Gasteiger partial charge on any atom is -0.451 e. The number of carbonyl (C=O) groups excluding carboxylic acids is 2. The maximum Gasteiger partial charge on any atom is 0.338 e. The van der Waals surface area contributed by atoms with Gasteiger partial charge in [-0.3, -0.25) is 4.79 Å². The smallest absolute Gasteiger partial charge is 0.338 e. The molecule has 0 saturated carbocycles. The quantitative estimate of drug-likeness (QED) is 0.529. The largest absolute Gasteiger partial charge is 0.451 e. The lowest BCUT2D eigenvalue weighted by Crippen LogP contribution is -2.24. The van der Waals surface area contributed by atoms with Crippen LogP contribution in [0.15, 0.2) is 41.9 Å². The fraction of sp³-hybridized carbons (Fsp3) is 0.118. The highest BCUT2D eigenvalue weighted by Crippen LogP contribution is 2.20. The van der Waals surface area contributed by atoms with E-state index in [0.29, 0.717) is 0 Å². The molecule has 1 unspecified atom stereocenters. The number of ether oxygens (including phenoxy) is 1. The summed E-state index contributed by atoms with van der Waals surface area (Å²) in [6.45, 7) is 1.38. The summed E-state index contributed by atoms with van der Waals surface area (Å²) in [6, 6.07) is 7.65.